The summed E-state index contributed by atoms with van der Waals surface area (Å²) in [4.78, 5) is 0. The van der Waals surface area contributed by atoms with Crippen molar-refractivity contribution in [3.63, 3.8) is 0 Å². The van der Waals surface area contributed by atoms with Gasteiger partial charge in [0.25, 0.3) is 6.43 Å². The Labute approximate surface area is 99.4 Å². The molecule has 0 bridgehead atoms. The number of aliphatic hydroxyl groups is 1. The van der Waals surface area contributed by atoms with Crippen LogP contribution < -0.4 is 5.32 Å². The molecule has 1 rings (SSSR count). The molecule has 17 heavy (non-hydrogen) atoms. The van der Waals surface area contributed by atoms with E-state index >= 15 is 0 Å². The first kappa shape index (κ1) is 14.0. The van der Waals surface area contributed by atoms with Crippen LogP contribution in [0.4, 0.5) is 8.78 Å². The Kier molecular flexibility index (Phi) is 6.04. The predicted octanol–water partition coefficient (Wildman–Crippen LogP) is 1.89. The summed E-state index contributed by atoms with van der Waals surface area (Å²) in [6.07, 6.45) is -3.17. The normalized spacial score (nSPS) is 13.0. The van der Waals surface area contributed by atoms with Crippen molar-refractivity contribution in [3.8, 4) is 0 Å². The fourth-order valence-electron chi connectivity index (χ4n) is 1.39. The van der Waals surface area contributed by atoms with Gasteiger partial charge in [-0.05, 0) is 5.56 Å². The summed E-state index contributed by atoms with van der Waals surface area (Å²) >= 11 is 0. The Bertz CT molecular complexity index is 317. The lowest BCUT2D eigenvalue weighted by Crippen LogP contribution is -2.24. The Morgan fingerprint density at radius 1 is 1.24 bits per heavy atom. The van der Waals surface area contributed by atoms with Crippen LogP contribution in [0.25, 0.3) is 0 Å². The summed E-state index contributed by atoms with van der Waals surface area (Å²) in [5, 5.41) is 12.8. The number of aliphatic hydroxyl groups excluding tert-OH is 1. The van der Waals surface area contributed by atoms with Crippen molar-refractivity contribution in [1.29, 1.82) is 0 Å². The van der Waals surface area contributed by atoms with Gasteiger partial charge in [-0.2, -0.15) is 0 Å². The number of hydrogen-bond donors (Lipinski definition) is 2. The minimum absolute atomic E-state index is 0.0340. The lowest BCUT2D eigenvalue weighted by atomic mass is 10.1. The molecule has 0 aromatic heterocycles. The Balaban J connectivity index is 2.43. The Hall–Kier alpha value is -1.04. The number of alkyl halides is 2. The van der Waals surface area contributed by atoms with Crippen molar-refractivity contribution in [3.05, 3.63) is 35.4 Å². The molecule has 0 radical (unpaired) electrons. The lowest BCUT2D eigenvalue weighted by Gasteiger charge is -2.12. The molecule has 0 spiro atoms. The molecule has 1 unspecified atom stereocenters. The number of nitrogens with one attached hydrogen (secondary N) is 1. The second-order valence-corrected chi connectivity index (χ2v) is 3.68. The first-order valence-corrected chi connectivity index (χ1v) is 5.41. The summed E-state index contributed by atoms with van der Waals surface area (Å²) in [6.45, 7) is 1.58. The standard InChI is InChI=1S/C12H17F2NO2/c1-17-7-6-15-8-11(16)9-2-4-10(5-3-9)12(13)14/h2-5,11-12,15-16H,6-8H2,1H3. The average Bonchev–Trinajstić information content (AvgIpc) is 2.34. The number of methoxy groups -OCH3 is 1. The van der Waals surface area contributed by atoms with Gasteiger partial charge < -0.3 is 15.2 Å². The molecule has 0 fully saturated rings. The third-order valence-corrected chi connectivity index (χ3v) is 2.39. The van der Waals surface area contributed by atoms with Crippen LogP contribution in [0.3, 0.4) is 0 Å². The van der Waals surface area contributed by atoms with Crippen molar-refractivity contribution < 1.29 is 18.6 Å². The quantitative estimate of drug-likeness (QED) is 0.721. The summed E-state index contributed by atoms with van der Waals surface area (Å²) in [7, 11) is 1.60. The van der Waals surface area contributed by atoms with E-state index in [1.165, 1.54) is 24.3 Å². The molecule has 0 aliphatic carbocycles. The number of halogens is 2. The van der Waals surface area contributed by atoms with Crippen LogP contribution in [-0.4, -0.2) is 31.9 Å². The average molecular weight is 245 g/mol. The van der Waals surface area contributed by atoms with Crippen LogP contribution in [0.5, 0.6) is 0 Å². The summed E-state index contributed by atoms with van der Waals surface area (Å²) < 4.78 is 29.4. The van der Waals surface area contributed by atoms with Gasteiger partial charge in [0.15, 0.2) is 0 Å². The molecule has 0 aliphatic heterocycles. The summed E-state index contributed by atoms with van der Waals surface area (Å²) in [6, 6.07) is 5.70. The monoisotopic (exact) mass is 245 g/mol. The van der Waals surface area contributed by atoms with Crippen molar-refractivity contribution in [2.24, 2.45) is 0 Å². The van der Waals surface area contributed by atoms with E-state index in [2.05, 4.69) is 5.32 Å². The minimum atomic E-state index is -2.47. The number of ether oxygens (including phenoxy) is 1. The molecule has 1 aromatic rings. The Morgan fingerprint density at radius 2 is 1.82 bits per heavy atom. The molecular weight excluding hydrogens is 228 g/mol. The first-order valence-electron chi connectivity index (χ1n) is 5.41. The second kappa shape index (κ2) is 7.32. The zero-order chi connectivity index (χ0) is 12.7. The van der Waals surface area contributed by atoms with Gasteiger partial charge in [-0.3, -0.25) is 0 Å². The predicted molar refractivity (Wildman–Crippen MR) is 61.1 cm³/mol. The van der Waals surface area contributed by atoms with Gasteiger partial charge in [0, 0.05) is 25.8 Å². The zero-order valence-corrected chi connectivity index (χ0v) is 9.70. The largest absolute Gasteiger partial charge is 0.387 e. The van der Waals surface area contributed by atoms with Gasteiger partial charge in [0.2, 0.25) is 0 Å². The molecule has 0 aliphatic rings. The van der Waals surface area contributed by atoms with E-state index in [9.17, 15) is 13.9 Å². The van der Waals surface area contributed by atoms with Crippen molar-refractivity contribution in [2.75, 3.05) is 26.8 Å². The van der Waals surface area contributed by atoms with Gasteiger partial charge in [-0.1, -0.05) is 24.3 Å². The molecule has 0 saturated carbocycles. The van der Waals surface area contributed by atoms with E-state index < -0.39 is 12.5 Å². The van der Waals surface area contributed by atoms with Gasteiger partial charge in [0.05, 0.1) is 12.7 Å². The highest BCUT2D eigenvalue weighted by molar-refractivity contribution is 5.25. The van der Waals surface area contributed by atoms with Crippen molar-refractivity contribution in [2.45, 2.75) is 12.5 Å². The maximum absolute atomic E-state index is 12.3. The fourth-order valence-corrected chi connectivity index (χ4v) is 1.39. The summed E-state index contributed by atoms with van der Waals surface area (Å²) in [5.74, 6) is 0. The van der Waals surface area contributed by atoms with Crippen molar-refractivity contribution in [1.82, 2.24) is 5.32 Å². The topological polar surface area (TPSA) is 41.5 Å². The van der Waals surface area contributed by atoms with Gasteiger partial charge in [-0.15, -0.1) is 0 Å². The highest BCUT2D eigenvalue weighted by Crippen LogP contribution is 2.20. The van der Waals surface area contributed by atoms with Gasteiger partial charge in [-0.25, -0.2) is 8.78 Å². The molecule has 0 heterocycles. The molecule has 1 atom stereocenters. The zero-order valence-electron chi connectivity index (χ0n) is 9.70. The second-order valence-electron chi connectivity index (χ2n) is 3.68. The van der Waals surface area contributed by atoms with Gasteiger partial charge >= 0.3 is 0 Å². The Morgan fingerprint density at radius 3 is 2.35 bits per heavy atom. The molecular formula is C12H17F2NO2. The maximum atomic E-state index is 12.3. The lowest BCUT2D eigenvalue weighted by molar-refractivity contribution is 0.150. The molecule has 0 amide bonds. The van der Waals surface area contributed by atoms with Gasteiger partial charge in [0.1, 0.15) is 0 Å². The molecule has 2 N–H and O–H groups in total. The van der Waals surface area contributed by atoms with E-state index in [1.54, 1.807) is 7.11 Å². The van der Waals surface area contributed by atoms with Crippen LogP contribution >= 0.6 is 0 Å². The fraction of sp³-hybridized carbons (Fsp3) is 0.500. The van der Waals surface area contributed by atoms with Crippen LogP contribution in [0.15, 0.2) is 24.3 Å². The smallest absolute Gasteiger partial charge is 0.263 e. The van der Waals surface area contributed by atoms with E-state index in [1.807, 2.05) is 0 Å². The highest BCUT2D eigenvalue weighted by Gasteiger charge is 2.10. The molecule has 3 nitrogen and oxygen atoms in total. The maximum Gasteiger partial charge on any atom is 0.263 e. The molecule has 0 saturated heterocycles. The summed E-state index contributed by atoms with van der Waals surface area (Å²) in [5.41, 5.74) is 0.590. The molecule has 1 aromatic carbocycles. The van der Waals surface area contributed by atoms with E-state index in [-0.39, 0.29) is 5.56 Å². The highest BCUT2D eigenvalue weighted by atomic mass is 19.3. The first-order chi connectivity index (χ1) is 8.15. The van der Waals surface area contributed by atoms with Crippen LogP contribution in [0.2, 0.25) is 0 Å². The third kappa shape index (κ3) is 4.77. The van der Waals surface area contributed by atoms with Crippen molar-refractivity contribution >= 4 is 0 Å². The van der Waals surface area contributed by atoms with Crippen LogP contribution in [0, 0.1) is 0 Å². The minimum Gasteiger partial charge on any atom is -0.387 e. The SMILES string of the molecule is COCCNCC(O)c1ccc(C(F)F)cc1. The number of rotatable bonds is 7. The van der Waals surface area contributed by atoms with E-state index in [0.717, 1.165) is 0 Å². The number of hydrogen-bond acceptors (Lipinski definition) is 3. The van der Waals surface area contributed by atoms with Crippen LogP contribution in [0.1, 0.15) is 23.7 Å². The molecule has 5 heteroatoms. The molecule has 96 valence electrons. The van der Waals surface area contributed by atoms with Crippen LogP contribution in [-0.2, 0) is 4.74 Å². The van der Waals surface area contributed by atoms with E-state index in [0.29, 0.717) is 25.3 Å². The third-order valence-electron chi connectivity index (χ3n) is 2.39. The van der Waals surface area contributed by atoms with E-state index in [4.69, 9.17) is 4.74 Å². The number of benzene rings is 1.